The van der Waals surface area contributed by atoms with Crippen molar-refractivity contribution in [2.24, 2.45) is 10.8 Å². The van der Waals surface area contributed by atoms with E-state index in [0.717, 1.165) is 0 Å². The van der Waals surface area contributed by atoms with Gasteiger partial charge in [-0.1, -0.05) is 12.1 Å². The molecule has 7 nitrogen and oxygen atoms in total. The molecule has 16 heavy (non-hydrogen) atoms. The first-order valence-electron chi connectivity index (χ1n) is 4.71. The molecule has 0 radical (unpaired) electrons. The molecule has 1 atom stereocenters. The van der Waals surface area contributed by atoms with Gasteiger partial charge in [-0.25, -0.2) is 0 Å². The number of hydroxylamine groups is 2. The molecule has 1 aromatic rings. The van der Waals surface area contributed by atoms with Gasteiger partial charge in [-0.2, -0.15) is 4.76 Å². The van der Waals surface area contributed by atoms with E-state index in [1.165, 1.54) is 12.1 Å². The minimum absolute atomic E-state index is 0.165. The second kappa shape index (κ2) is 3.72. The monoisotopic (exact) mass is 223 g/mol. The summed E-state index contributed by atoms with van der Waals surface area (Å²) in [5, 5.41) is 36.6. The fraction of sp³-hybridized carbons (Fsp3) is 0.222. The molecule has 1 unspecified atom stereocenters. The maximum Gasteiger partial charge on any atom is 0.244 e. The Hall–Kier alpha value is -1.67. The van der Waals surface area contributed by atoms with E-state index in [4.69, 9.17) is 10.8 Å². The van der Waals surface area contributed by atoms with Crippen LogP contribution in [0.1, 0.15) is 0 Å². The number of para-hydroxylation sites is 2. The summed E-state index contributed by atoms with van der Waals surface area (Å²) in [6.45, 7) is -0.515. The Balaban J connectivity index is 2.56. The Kier molecular flexibility index (Phi) is 2.52. The summed E-state index contributed by atoms with van der Waals surface area (Å²) < 4.78 is -1.16. The fourth-order valence-corrected chi connectivity index (χ4v) is 1.62. The third-order valence-electron chi connectivity index (χ3n) is 2.35. The van der Waals surface area contributed by atoms with E-state index >= 15 is 0 Å². The zero-order valence-corrected chi connectivity index (χ0v) is 8.41. The number of nitrogens with zero attached hydrogens (tertiary/aromatic N) is 3. The van der Waals surface area contributed by atoms with Crippen LogP contribution in [0.2, 0.25) is 0 Å². The summed E-state index contributed by atoms with van der Waals surface area (Å²) in [5.41, 5.74) is 5.71. The van der Waals surface area contributed by atoms with E-state index in [-0.39, 0.29) is 24.5 Å². The Labute approximate surface area is 91.7 Å². The van der Waals surface area contributed by atoms with Gasteiger partial charge < -0.3 is 26.3 Å². The number of anilines is 1. The van der Waals surface area contributed by atoms with Gasteiger partial charge in [-0.15, -0.1) is 0 Å². The molecule has 1 aliphatic heterocycles. The first-order valence-corrected chi connectivity index (χ1v) is 4.71. The van der Waals surface area contributed by atoms with Crippen molar-refractivity contribution in [2.75, 3.05) is 18.2 Å². The molecule has 0 saturated heterocycles. The summed E-state index contributed by atoms with van der Waals surface area (Å²) in [6.07, 6.45) is 0. The molecule has 1 aliphatic rings. The highest BCUT2D eigenvalue weighted by molar-refractivity contribution is 6.00. The van der Waals surface area contributed by atoms with Crippen LogP contribution in [0.5, 0.6) is 0 Å². The number of aliphatic hydroxyl groups is 1. The van der Waals surface area contributed by atoms with Crippen LogP contribution >= 0.6 is 0 Å². The molecule has 1 aromatic carbocycles. The summed E-state index contributed by atoms with van der Waals surface area (Å²) in [6, 6.07) is 6.25. The second-order valence-corrected chi connectivity index (χ2v) is 3.39. The molecule has 0 spiro atoms. The molecule has 2 rings (SSSR count). The lowest BCUT2D eigenvalue weighted by molar-refractivity contribution is 0.240. The number of hydrogen-bond donors (Lipinski definition) is 2. The highest BCUT2D eigenvalue weighted by Crippen LogP contribution is 2.36. The van der Waals surface area contributed by atoms with Crippen LogP contribution < -0.4 is 15.6 Å². The van der Waals surface area contributed by atoms with Crippen LogP contribution in [0.4, 0.5) is 11.4 Å². The summed E-state index contributed by atoms with van der Waals surface area (Å²) >= 11 is 0. The zero-order chi connectivity index (χ0) is 11.8. The van der Waals surface area contributed by atoms with E-state index in [1.54, 1.807) is 12.1 Å². The van der Waals surface area contributed by atoms with Crippen molar-refractivity contribution in [3.63, 3.8) is 0 Å². The number of fused-ring (bicyclic) bond motifs is 1. The van der Waals surface area contributed by atoms with Gasteiger partial charge in [0.2, 0.25) is 5.96 Å². The van der Waals surface area contributed by atoms with Gasteiger partial charge in [-0.05, 0) is 11.2 Å². The van der Waals surface area contributed by atoms with Crippen molar-refractivity contribution >= 4 is 17.3 Å². The minimum Gasteiger partial charge on any atom is -0.751 e. The standard InChI is InChI=1S/C9H11N4O3/c10-9-11-13(16,5-6-14)8-4-2-1-3-7(8)12(9)15/h1-4,14H,5-6H2,(H2,10,11)/q-1. The van der Waals surface area contributed by atoms with Crippen LogP contribution in [0.15, 0.2) is 29.4 Å². The largest absolute Gasteiger partial charge is 0.751 e. The summed E-state index contributed by atoms with van der Waals surface area (Å²) in [4.78, 5) is 0. The summed E-state index contributed by atoms with van der Waals surface area (Å²) in [7, 11) is 0. The predicted octanol–water partition coefficient (Wildman–Crippen LogP) is 0.0315. The molecule has 86 valence electrons. The highest BCUT2D eigenvalue weighted by Gasteiger charge is 2.30. The van der Waals surface area contributed by atoms with Gasteiger partial charge in [0.05, 0.1) is 12.3 Å². The van der Waals surface area contributed by atoms with E-state index in [0.29, 0.717) is 5.06 Å². The molecule has 1 heterocycles. The van der Waals surface area contributed by atoms with Gasteiger partial charge in [0.1, 0.15) is 6.54 Å². The highest BCUT2D eigenvalue weighted by atomic mass is 16.6. The van der Waals surface area contributed by atoms with Crippen LogP contribution in [0.25, 0.3) is 0 Å². The quantitative estimate of drug-likeness (QED) is 0.543. The maximum absolute atomic E-state index is 12.2. The molecule has 0 saturated carbocycles. The SMILES string of the molecule is NC1=N[N+]([O-])(CCO)c2ccccc2N1[O-]. The number of quaternary nitrogens is 1. The van der Waals surface area contributed by atoms with Gasteiger partial charge in [-0.3, -0.25) is 0 Å². The Morgan fingerprint density at radius 3 is 2.81 bits per heavy atom. The molecule has 0 bridgehead atoms. The first-order chi connectivity index (χ1) is 7.58. The molecule has 0 fully saturated rings. The number of rotatable bonds is 2. The average molecular weight is 223 g/mol. The lowest BCUT2D eigenvalue weighted by Crippen LogP contribution is -2.49. The Bertz CT molecular complexity index is 437. The van der Waals surface area contributed by atoms with Crippen LogP contribution in [-0.2, 0) is 0 Å². The van der Waals surface area contributed by atoms with E-state index in [1.807, 2.05) is 0 Å². The molecule has 0 amide bonds. The number of benzene rings is 1. The van der Waals surface area contributed by atoms with E-state index in [9.17, 15) is 10.4 Å². The zero-order valence-electron chi connectivity index (χ0n) is 8.41. The second-order valence-electron chi connectivity index (χ2n) is 3.39. The maximum atomic E-state index is 12.2. The molecule has 3 N–H and O–H groups in total. The molecule has 0 aromatic heterocycles. The smallest absolute Gasteiger partial charge is 0.244 e. The Morgan fingerprint density at radius 2 is 2.12 bits per heavy atom. The molecule has 7 heteroatoms. The lowest BCUT2D eigenvalue weighted by atomic mass is 10.2. The Morgan fingerprint density at radius 1 is 1.44 bits per heavy atom. The van der Waals surface area contributed by atoms with Crippen molar-refractivity contribution in [3.8, 4) is 0 Å². The molecular formula is C9H11N4O3-. The summed E-state index contributed by atoms with van der Waals surface area (Å²) in [5.74, 6) is -0.401. The van der Waals surface area contributed by atoms with Gasteiger partial charge in [0.25, 0.3) is 0 Å². The van der Waals surface area contributed by atoms with Gasteiger partial charge in [0, 0.05) is 6.07 Å². The fourth-order valence-electron chi connectivity index (χ4n) is 1.62. The normalized spacial score (nSPS) is 23.9. The van der Waals surface area contributed by atoms with Crippen LogP contribution in [0.3, 0.4) is 0 Å². The van der Waals surface area contributed by atoms with Crippen molar-refractivity contribution in [1.29, 1.82) is 0 Å². The number of nitrogens with two attached hydrogens (primary N) is 1. The third kappa shape index (κ3) is 1.51. The van der Waals surface area contributed by atoms with E-state index < -0.39 is 10.7 Å². The van der Waals surface area contributed by atoms with Crippen molar-refractivity contribution < 1.29 is 5.11 Å². The van der Waals surface area contributed by atoms with Gasteiger partial charge in [0.15, 0.2) is 5.69 Å². The first kappa shape index (κ1) is 10.8. The van der Waals surface area contributed by atoms with Crippen molar-refractivity contribution in [2.45, 2.75) is 0 Å². The van der Waals surface area contributed by atoms with Crippen LogP contribution in [0, 0.1) is 10.4 Å². The van der Waals surface area contributed by atoms with Crippen molar-refractivity contribution in [3.05, 3.63) is 34.7 Å². The lowest BCUT2D eigenvalue weighted by Gasteiger charge is -2.44. The topological polar surface area (TPSA) is 108 Å². The molecule has 0 aliphatic carbocycles. The minimum atomic E-state index is -1.16. The average Bonchev–Trinajstić information content (AvgIpc) is 2.27. The molecular weight excluding hydrogens is 212 g/mol. The van der Waals surface area contributed by atoms with Crippen LogP contribution in [-0.4, -0.2) is 24.2 Å². The van der Waals surface area contributed by atoms with Gasteiger partial charge >= 0.3 is 0 Å². The van der Waals surface area contributed by atoms with Crippen molar-refractivity contribution in [1.82, 2.24) is 4.76 Å². The number of hydrogen-bond acceptors (Lipinski definition) is 6. The third-order valence-corrected chi connectivity index (χ3v) is 2.35. The van der Waals surface area contributed by atoms with E-state index in [2.05, 4.69) is 5.10 Å². The number of aliphatic hydroxyl groups excluding tert-OH is 1. The predicted molar refractivity (Wildman–Crippen MR) is 61.0 cm³/mol. The number of guanidine groups is 1.